The summed E-state index contributed by atoms with van der Waals surface area (Å²) in [6, 6.07) is 11.7. The molecular weight excluding hydrogens is 441 g/mol. The molecule has 1 N–H and O–H groups in total. The van der Waals surface area contributed by atoms with E-state index in [0.717, 1.165) is 17.3 Å². The average molecular weight is 460 g/mol. The highest BCUT2D eigenvalue weighted by Gasteiger charge is 2.47. The lowest BCUT2D eigenvalue weighted by molar-refractivity contribution is -0.140. The second kappa shape index (κ2) is 8.08. The molecule has 4 rings (SSSR count). The number of amides is 1. The van der Waals surface area contributed by atoms with Crippen LogP contribution in [0.25, 0.3) is 5.76 Å². The molecule has 2 fully saturated rings. The first-order chi connectivity index (χ1) is 14.0. The Morgan fingerprint density at radius 2 is 1.97 bits per heavy atom. The van der Waals surface area contributed by atoms with E-state index in [1.807, 2.05) is 24.3 Å². The normalized spacial score (nSPS) is 23.7. The van der Waals surface area contributed by atoms with Gasteiger partial charge < -0.3 is 14.7 Å². The topological polar surface area (TPSA) is 66.8 Å². The highest BCUT2D eigenvalue weighted by molar-refractivity contribution is 9.10. The van der Waals surface area contributed by atoms with Crippen LogP contribution < -0.4 is 0 Å². The van der Waals surface area contributed by atoms with Crippen LogP contribution in [0.15, 0.2) is 58.6 Å². The monoisotopic (exact) mass is 459 g/mol. The summed E-state index contributed by atoms with van der Waals surface area (Å²) in [5.74, 6) is -2.20. The van der Waals surface area contributed by atoms with Crippen LogP contribution in [0.5, 0.6) is 0 Å². The molecule has 1 amide bonds. The Labute approximate surface area is 175 Å². The number of aliphatic hydroxyl groups excluding tert-OH is 1. The molecule has 0 radical (unpaired) electrons. The summed E-state index contributed by atoms with van der Waals surface area (Å²) >= 11 is 3.42. The lowest BCUT2D eigenvalue weighted by Gasteiger charge is -2.27. The van der Waals surface area contributed by atoms with Crippen molar-refractivity contribution in [1.29, 1.82) is 0 Å². The molecule has 2 heterocycles. The van der Waals surface area contributed by atoms with Gasteiger partial charge in [-0.15, -0.1) is 0 Å². The van der Waals surface area contributed by atoms with E-state index >= 15 is 0 Å². The number of ether oxygens (including phenoxy) is 1. The van der Waals surface area contributed by atoms with E-state index in [9.17, 15) is 19.1 Å². The number of hydrogen-bond acceptors (Lipinski definition) is 4. The number of Topliss-reactive ketones (excluding diaryl/α,β-unsaturated/α-hetero) is 1. The third-order valence-corrected chi connectivity index (χ3v) is 5.74. The molecule has 0 aliphatic carbocycles. The smallest absolute Gasteiger partial charge is 0.295 e. The van der Waals surface area contributed by atoms with Crippen molar-refractivity contribution in [1.82, 2.24) is 4.90 Å². The van der Waals surface area contributed by atoms with Crippen LogP contribution in [-0.2, 0) is 14.3 Å². The van der Waals surface area contributed by atoms with Gasteiger partial charge in [-0.3, -0.25) is 9.59 Å². The summed E-state index contributed by atoms with van der Waals surface area (Å²) in [5, 5.41) is 10.9. The highest BCUT2D eigenvalue weighted by atomic mass is 79.9. The Balaban J connectivity index is 1.83. The lowest BCUT2D eigenvalue weighted by Crippen LogP contribution is -2.36. The van der Waals surface area contributed by atoms with Crippen LogP contribution in [0.4, 0.5) is 4.39 Å². The van der Waals surface area contributed by atoms with Crippen LogP contribution in [0.2, 0.25) is 0 Å². The van der Waals surface area contributed by atoms with Crippen LogP contribution in [0, 0.1) is 5.82 Å². The van der Waals surface area contributed by atoms with Crippen molar-refractivity contribution in [2.24, 2.45) is 0 Å². The number of carbonyl (C=O) groups is 2. The summed E-state index contributed by atoms with van der Waals surface area (Å²) in [5.41, 5.74) is 0.972. The molecule has 2 unspecified atom stereocenters. The number of ketones is 1. The molecule has 0 spiro atoms. The molecule has 2 aromatic rings. The van der Waals surface area contributed by atoms with E-state index < -0.39 is 23.5 Å². The third kappa shape index (κ3) is 3.84. The Morgan fingerprint density at radius 3 is 2.62 bits per heavy atom. The van der Waals surface area contributed by atoms with Crippen molar-refractivity contribution < 1.29 is 23.8 Å². The van der Waals surface area contributed by atoms with E-state index in [2.05, 4.69) is 15.9 Å². The molecule has 0 aromatic heterocycles. The van der Waals surface area contributed by atoms with E-state index in [1.165, 1.54) is 29.2 Å². The minimum atomic E-state index is -0.755. The Bertz CT molecular complexity index is 983. The maximum atomic E-state index is 13.3. The second-order valence-corrected chi connectivity index (χ2v) is 8.06. The first kappa shape index (κ1) is 19.8. The van der Waals surface area contributed by atoms with Crippen molar-refractivity contribution in [3.8, 4) is 0 Å². The predicted octanol–water partition coefficient (Wildman–Crippen LogP) is 4.19. The number of carbonyl (C=O) groups excluding carboxylic acids is 2. The van der Waals surface area contributed by atoms with Gasteiger partial charge in [0.25, 0.3) is 11.7 Å². The fraction of sp³-hybridized carbons (Fsp3) is 0.273. The van der Waals surface area contributed by atoms with E-state index in [4.69, 9.17) is 4.74 Å². The van der Waals surface area contributed by atoms with Gasteiger partial charge in [0.2, 0.25) is 0 Å². The molecule has 5 nitrogen and oxygen atoms in total. The van der Waals surface area contributed by atoms with Crippen molar-refractivity contribution in [3.63, 3.8) is 0 Å². The molecule has 2 aliphatic rings. The summed E-state index contributed by atoms with van der Waals surface area (Å²) in [7, 11) is 0. The zero-order valence-corrected chi connectivity index (χ0v) is 17.1. The van der Waals surface area contributed by atoms with Gasteiger partial charge in [0.1, 0.15) is 11.6 Å². The van der Waals surface area contributed by atoms with Gasteiger partial charge in [-0.05, 0) is 54.8 Å². The molecular formula is C22H19BrFNO4. The van der Waals surface area contributed by atoms with Gasteiger partial charge in [-0.2, -0.15) is 0 Å². The minimum absolute atomic E-state index is 0.00212. The summed E-state index contributed by atoms with van der Waals surface area (Å²) in [6.45, 7) is 0.897. The zero-order chi connectivity index (χ0) is 20.5. The van der Waals surface area contributed by atoms with E-state index in [1.54, 1.807) is 0 Å². The quantitative estimate of drug-likeness (QED) is 0.422. The molecule has 0 saturated carbocycles. The van der Waals surface area contributed by atoms with Gasteiger partial charge in [0.05, 0.1) is 17.7 Å². The fourth-order valence-electron chi connectivity index (χ4n) is 3.86. The van der Waals surface area contributed by atoms with Crippen LogP contribution >= 0.6 is 15.9 Å². The summed E-state index contributed by atoms with van der Waals surface area (Å²) < 4.78 is 19.8. The molecule has 150 valence electrons. The maximum Gasteiger partial charge on any atom is 0.295 e. The Hall–Kier alpha value is -2.51. The summed E-state index contributed by atoms with van der Waals surface area (Å²) in [4.78, 5) is 27.2. The van der Waals surface area contributed by atoms with Crippen molar-refractivity contribution in [2.75, 3.05) is 13.2 Å². The fourth-order valence-corrected chi connectivity index (χ4v) is 4.28. The lowest BCUT2D eigenvalue weighted by atomic mass is 9.95. The zero-order valence-electron chi connectivity index (χ0n) is 15.5. The Kier molecular flexibility index (Phi) is 5.52. The first-order valence-corrected chi connectivity index (χ1v) is 10.2. The van der Waals surface area contributed by atoms with E-state index in [-0.39, 0.29) is 29.5 Å². The maximum absolute atomic E-state index is 13.3. The largest absolute Gasteiger partial charge is 0.507 e. The van der Waals surface area contributed by atoms with Crippen LogP contribution in [0.3, 0.4) is 0 Å². The van der Waals surface area contributed by atoms with Crippen LogP contribution in [0.1, 0.15) is 30.0 Å². The number of benzene rings is 2. The minimum Gasteiger partial charge on any atom is -0.507 e. The number of rotatable bonds is 4. The first-order valence-electron chi connectivity index (χ1n) is 9.37. The number of nitrogens with zero attached hydrogens (tertiary/aromatic N) is 1. The van der Waals surface area contributed by atoms with Crippen molar-refractivity contribution >= 4 is 33.4 Å². The second-order valence-electron chi connectivity index (χ2n) is 7.15. The predicted molar refractivity (Wildman–Crippen MR) is 109 cm³/mol. The van der Waals surface area contributed by atoms with Crippen molar-refractivity contribution in [3.05, 3.63) is 75.5 Å². The van der Waals surface area contributed by atoms with Crippen LogP contribution in [-0.4, -0.2) is 41.0 Å². The van der Waals surface area contributed by atoms with Gasteiger partial charge in [-0.1, -0.05) is 28.1 Å². The molecule has 7 heteroatoms. The van der Waals surface area contributed by atoms with Gasteiger partial charge in [0, 0.05) is 23.2 Å². The third-order valence-electron chi connectivity index (χ3n) is 5.25. The Morgan fingerprint density at radius 1 is 1.21 bits per heavy atom. The number of aliphatic hydroxyl groups is 1. The standard InChI is InChI=1S/C22H19BrFNO4/c23-15-4-1-3-14(11-15)19-18(20(26)13-6-8-16(24)9-7-13)21(27)22(28)25(19)12-17-5-2-10-29-17/h1,3-4,6-9,11,17,19,26H,2,5,10,12H2/b20-18-. The van der Waals surface area contributed by atoms with Gasteiger partial charge in [0.15, 0.2) is 0 Å². The number of hydrogen-bond donors (Lipinski definition) is 1. The number of halogens is 2. The molecule has 2 aromatic carbocycles. The van der Waals surface area contributed by atoms with E-state index in [0.29, 0.717) is 12.2 Å². The molecule has 0 bridgehead atoms. The SMILES string of the molecule is O=C1C(=O)N(CC2CCCO2)C(c2cccc(Br)c2)/C1=C(/O)c1ccc(F)cc1. The van der Waals surface area contributed by atoms with Gasteiger partial charge >= 0.3 is 0 Å². The number of likely N-dealkylation sites (tertiary alicyclic amines) is 1. The average Bonchev–Trinajstić information content (AvgIpc) is 3.30. The molecule has 2 aliphatic heterocycles. The molecule has 2 atom stereocenters. The van der Waals surface area contributed by atoms with Gasteiger partial charge in [-0.25, -0.2) is 4.39 Å². The highest BCUT2D eigenvalue weighted by Crippen LogP contribution is 2.40. The molecule has 2 saturated heterocycles. The summed E-state index contributed by atoms with van der Waals surface area (Å²) in [6.07, 6.45) is 1.58. The molecule has 29 heavy (non-hydrogen) atoms. The van der Waals surface area contributed by atoms with Crippen molar-refractivity contribution in [2.45, 2.75) is 25.0 Å².